The monoisotopic (exact) mass is 546 g/mol. The Labute approximate surface area is 229 Å². The fraction of sp³-hybridized carbons (Fsp3) is 0.300. The van der Waals surface area contributed by atoms with Crippen molar-refractivity contribution in [3.05, 3.63) is 88.7 Å². The van der Waals surface area contributed by atoms with Gasteiger partial charge in [0, 0.05) is 17.4 Å². The molecule has 2 saturated carbocycles. The average molecular weight is 547 g/mol. The molecule has 7 rings (SSSR count). The predicted octanol–water partition coefficient (Wildman–Crippen LogP) is 5.24. The highest BCUT2D eigenvalue weighted by molar-refractivity contribution is 6.31. The number of methoxy groups -OCH3 is 1. The molecule has 0 N–H and O–H groups in total. The maximum Gasteiger partial charge on any atom is 0.238 e. The minimum absolute atomic E-state index is 0.0939. The van der Waals surface area contributed by atoms with E-state index in [1.165, 1.54) is 23.1 Å². The number of benzene rings is 3. The Morgan fingerprint density at radius 3 is 2.49 bits per heavy atom. The fourth-order valence-corrected chi connectivity index (χ4v) is 7.10. The van der Waals surface area contributed by atoms with Crippen molar-refractivity contribution in [3.63, 3.8) is 0 Å². The highest BCUT2D eigenvalue weighted by Gasteiger charge is 2.70. The molecule has 39 heavy (non-hydrogen) atoms. The number of carbonyl (C=O) groups excluding carboxylic acids is 2. The number of rotatable bonds is 6. The molecule has 0 aromatic heterocycles. The summed E-state index contributed by atoms with van der Waals surface area (Å²) >= 11 is 5.95. The van der Waals surface area contributed by atoms with Crippen LogP contribution >= 0.6 is 11.6 Å². The van der Waals surface area contributed by atoms with E-state index in [0.29, 0.717) is 30.2 Å². The van der Waals surface area contributed by atoms with Gasteiger partial charge in [0.25, 0.3) is 0 Å². The number of amides is 2. The standard InChI is InChI=1S/C30H24ClFN2O5/c1-37-23-11-16(7-10-22(23)38-14-15-5-3-2-4-6-15)27-26-18-13-19(28(26)39-33-27)25-24(18)29(35)34(30(25)36)17-8-9-21(32)20(31)12-17/h2-12,18-19,24-26,28H,13-14H2,1H3/t18-,19+,24-,25+,26-,28-/m1/s1. The van der Waals surface area contributed by atoms with Crippen LogP contribution in [0.2, 0.25) is 5.02 Å². The first kappa shape index (κ1) is 24.2. The molecular formula is C30H24ClFN2O5. The Morgan fingerprint density at radius 2 is 1.74 bits per heavy atom. The summed E-state index contributed by atoms with van der Waals surface area (Å²) in [6.45, 7) is 0.407. The summed E-state index contributed by atoms with van der Waals surface area (Å²) in [6.07, 6.45) is 0.439. The van der Waals surface area contributed by atoms with Crippen LogP contribution in [-0.2, 0) is 21.0 Å². The lowest BCUT2D eigenvalue weighted by Crippen LogP contribution is -2.41. The zero-order valence-corrected chi connectivity index (χ0v) is 21.7. The van der Waals surface area contributed by atoms with E-state index < -0.39 is 17.7 Å². The van der Waals surface area contributed by atoms with Gasteiger partial charge in [-0.3, -0.25) is 9.59 Å². The van der Waals surface area contributed by atoms with Gasteiger partial charge in [0.05, 0.1) is 35.4 Å². The van der Waals surface area contributed by atoms with Crippen LogP contribution in [0.4, 0.5) is 10.1 Å². The van der Waals surface area contributed by atoms with Crippen molar-refractivity contribution in [1.29, 1.82) is 0 Å². The predicted molar refractivity (Wildman–Crippen MR) is 141 cm³/mol. The number of oxime groups is 1. The Hall–Kier alpha value is -3.91. The second kappa shape index (κ2) is 9.09. The third-order valence-corrected chi connectivity index (χ3v) is 8.84. The van der Waals surface area contributed by atoms with Gasteiger partial charge >= 0.3 is 0 Å². The first-order valence-electron chi connectivity index (χ1n) is 12.9. The van der Waals surface area contributed by atoms with Crippen LogP contribution in [0.15, 0.2) is 71.9 Å². The van der Waals surface area contributed by atoms with Gasteiger partial charge in [0.15, 0.2) is 11.5 Å². The first-order chi connectivity index (χ1) is 19.0. The Balaban J connectivity index is 1.14. The first-order valence-corrected chi connectivity index (χ1v) is 13.3. The number of imide groups is 1. The third-order valence-electron chi connectivity index (χ3n) is 8.55. The van der Waals surface area contributed by atoms with E-state index in [0.717, 1.165) is 16.8 Å². The smallest absolute Gasteiger partial charge is 0.238 e. The molecule has 6 atom stereocenters. The Kier molecular flexibility index (Phi) is 5.63. The summed E-state index contributed by atoms with van der Waals surface area (Å²) in [4.78, 5) is 34.1. The number of carbonyl (C=O) groups is 2. The Bertz CT molecular complexity index is 1530. The van der Waals surface area contributed by atoms with Gasteiger partial charge < -0.3 is 14.3 Å². The topological polar surface area (TPSA) is 77.4 Å². The molecule has 7 nitrogen and oxygen atoms in total. The van der Waals surface area contributed by atoms with Gasteiger partial charge in [-0.05, 0) is 54.3 Å². The number of hydrogen-bond acceptors (Lipinski definition) is 6. The van der Waals surface area contributed by atoms with Gasteiger partial charge in [-0.25, -0.2) is 9.29 Å². The van der Waals surface area contributed by atoms with Crippen molar-refractivity contribution in [1.82, 2.24) is 0 Å². The zero-order valence-electron chi connectivity index (χ0n) is 20.9. The number of ether oxygens (including phenoxy) is 2. The molecular weight excluding hydrogens is 523 g/mol. The molecule has 2 heterocycles. The van der Waals surface area contributed by atoms with Crippen molar-refractivity contribution >= 4 is 34.8 Å². The molecule has 9 heteroatoms. The quantitative estimate of drug-likeness (QED) is 0.395. The second-order valence-electron chi connectivity index (χ2n) is 10.4. The molecule has 198 valence electrons. The minimum atomic E-state index is -0.601. The normalized spacial score (nSPS) is 28.3. The van der Waals surface area contributed by atoms with Gasteiger partial charge in [-0.2, -0.15) is 0 Å². The van der Waals surface area contributed by atoms with Gasteiger partial charge in [0.1, 0.15) is 18.5 Å². The summed E-state index contributed by atoms with van der Waals surface area (Å²) in [6, 6.07) is 19.4. The third kappa shape index (κ3) is 3.65. The Morgan fingerprint density at radius 1 is 0.974 bits per heavy atom. The van der Waals surface area contributed by atoms with Gasteiger partial charge in [-0.15, -0.1) is 0 Å². The van der Waals surface area contributed by atoms with Crippen molar-refractivity contribution in [2.75, 3.05) is 12.0 Å². The molecule has 3 aromatic rings. The van der Waals surface area contributed by atoms with Crippen LogP contribution in [0.3, 0.4) is 0 Å². The van der Waals surface area contributed by atoms with E-state index in [4.69, 9.17) is 25.9 Å². The van der Waals surface area contributed by atoms with Crippen molar-refractivity contribution in [2.45, 2.75) is 19.1 Å². The maximum atomic E-state index is 13.7. The molecule has 2 bridgehead atoms. The molecule has 3 fully saturated rings. The summed E-state index contributed by atoms with van der Waals surface area (Å²) in [5, 5.41) is 4.30. The fourth-order valence-electron chi connectivity index (χ4n) is 6.92. The largest absolute Gasteiger partial charge is 0.493 e. The van der Waals surface area contributed by atoms with Crippen molar-refractivity contribution in [3.8, 4) is 11.5 Å². The summed E-state index contributed by atoms with van der Waals surface area (Å²) in [5.41, 5.74) is 2.92. The summed E-state index contributed by atoms with van der Waals surface area (Å²) in [5.74, 6) is -1.27. The van der Waals surface area contributed by atoms with Crippen molar-refractivity contribution in [2.24, 2.45) is 34.7 Å². The van der Waals surface area contributed by atoms with Crippen LogP contribution in [0.1, 0.15) is 17.5 Å². The molecule has 4 aliphatic rings. The van der Waals surface area contributed by atoms with E-state index in [2.05, 4.69) is 5.16 Å². The summed E-state index contributed by atoms with van der Waals surface area (Å²) < 4.78 is 25.4. The zero-order chi connectivity index (χ0) is 26.8. The van der Waals surface area contributed by atoms with Gasteiger partial charge in [-0.1, -0.05) is 47.1 Å². The van der Waals surface area contributed by atoms with Crippen molar-refractivity contribution < 1.29 is 28.3 Å². The van der Waals surface area contributed by atoms with Gasteiger partial charge in [0.2, 0.25) is 11.8 Å². The molecule has 0 spiro atoms. The number of fused-ring (bicyclic) bond motifs is 8. The van der Waals surface area contributed by atoms with Crippen LogP contribution in [0, 0.1) is 35.4 Å². The lowest BCUT2D eigenvalue weighted by Gasteiger charge is -2.29. The molecule has 1 saturated heterocycles. The average Bonchev–Trinajstić information content (AvgIpc) is 3.70. The molecule has 3 aromatic carbocycles. The SMILES string of the molecule is COc1cc(C2=NO[C@@H]3[C@H]4C[C@H]([C@H]5C(=O)N(c6ccc(F)c(Cl)c6)C(=O)[C@@H]45)[C@H]23)ccc1OCc1ccccc1. The maximum absolute atomic E-state index is 13.7. The highest BCUT2D eigenvalue weighted by atomic mass is 35.5. The number of anilines is 1. The molecule has 0 radical (unpaired) electrons. The van der Waals surface area contributed by atoms with Crippen LogP contribution in [-0.4, -0.2) is 30.7 Å². The van der Waals surface area contributed by atoms with E-state index in [-0.39, 0.29) is 40.7 Å². The number of nitrogens with zero attached hydrogens (tertiary/aromatic N) is 2. The van der Waals surface area contributed by atoms with Crippen LogP contribution in [0.25, 0.3) is 0 Å². The van der Waals surface area contributed by atoms with E-state index in [9.17, 15) is 14.0 Å². The lowest BCUT2D eigenvalue weighted by molar-refractivity contribution is -0.125. The van der Waals surface area contributed by atoms with E-state index >= 15 is 0 Å². The van der Waals surface area contributed by atoms with E-state index in [1.807, 2.05) is 48.5 Å². The van der Waals surface area contributed by atoms with Crippen LogP contribution < -0.4 is 14.4 Å². The number of halogens is 2. The highest BCUT2D eigenvalue weighted by Crippen LogP contribution is 2.62. The second-order valence-corrected chi connectivity index (χ2v) is 10.8. The minimum Gasteiger partial charge on any atom is -0.493 e. The molecule has 2 aliphatic carbocycles. The summed E-state index contributed by atoms with van der Waals surface area (Å²) in [7, 11) is 1.59. The molecule has 2 amide bonds. The molecule has 0 unspecified atom stereocenters. The van der Waals surface area contributed by atoms with E-state index in [1.54, 1.807) is 7.11 Å². The molecule has 2 aliphatic heterocycles. The number of hydrogen-bond donors (Lipinski definition) is 0. The van der Waals surface area contributed by atoms with Crippen LogP contribution in [0.5, 0.6) is 11.5 Å². The lowest BCUT2D eigenvalue weighted by atomic mass is 9.71.